The van der Waals surface area contributed by atoms with Crippen LogP contribution in [0.1, 0.15) is 10.4 Å². The van der Waals surface area contributed by atoms with Crippen molar-refractivity contribution in [1.29, 1.82) is 0 Å². The second kappa shape index (κ2) is 8.92. The summed E-state index contributed by atoms with van der Waals surface area (Å²) in [5.41, 5.74) is 0.331. The fraction of sp³-hybridized carbons (Fsp3) is 0. The molecule has 10 heteroatoms. The third kappa shape index (κ3) is 23.6. The predicted molar refractivity (Wildman–Crippen MR) is 58.2 cm³/mol. The summed E-state index contributed by atoms with van der Waals surface area (Å²) in [5, 5.41) is 22.3. The first-order valence-electron chi connectivity index (χ1n) is 3.94. The van der Waals surface area contributed by atoms with Crippen LogP contribution >= 0.6 is 0 Å². The van der Waals surface area contributed by atoms with Gasteiger partial charge in [-0.15, -0.1) is 0 Å². The Morgan fingerprint density at radius 1 is 0.889 bits per heavy atom. The highest BCUT2D eigenvalue weighted by Gasteiger charge is 1.96. The minimum atomic E-state index is -4.67. The van der Waals surface area contributed by atoms with Crippen molar-refractivity contribution in [3.05, 3.63) is 35.9 Å². The van der Waals surface area contributed by atoms with Crippen molar-refractivity contribution in [2.75, 3.05) is 0 Å². The zero-order valence-corrected chi connectivity index (χ0v) is 9.48. The number of carboxylic acids is 1. The molecule has 1 rings (SSSR count). The van der Waals surface area contributed by atoms with Gasteiger partial charge in [0.1, 0.15) is 0 Å². The first-order chi connectivity index (χ1) is 8.04. The average molecular weight is 282 g/mol. The van der Waals surface area contributed by atoms with Crippen LogP contribution in [0.4, 0.5) is 4.79 Å². The highest BCUT2D eigenvalue weighted by atomic mass is 32.3. The van der Waals surface area contributed by atoms with E-state index in [-0.39, 0.29) is 0 Å². The molecule has 9 nitrogen and oxygen atoms in total. The predicted octanol–water partition coefficient (Wildman–Crippen LogP) is 0.954. The van der Waals surface area contributed by atoms with E-state index in [2.05, 4.69) is 0 Å². The monoisotopic (exact) mass is 282 g/mol. The summed E-state index contributed by atoms with van der Waals surface area (Å²) < 4.78 is 31.6. The molecule has 18 heavy (non-hydrogen) atoms. The lowest BCUT2D eigenvalue weighted by Crippen LogP contribution is -1.93. The van der Waals surface area contributed by atoms with E-state index in [9.17, 15) is 4.79 Å². The number of carboxylic acid groups (broad SMARTS) is 3. The number of rotatable bonds is 1. The Labute approximate surface area is 102 Å². The van der Waals surface area contributed by atoms with Gasteiger partial charge in [-0.05, 0) is 12.1 Å². The highest BCUT2D eigenvalue weighted by molar-refractivity contribution is 7.79. The molecule has 1 aromatic rings. The van der Waals surface area contributed by atoms with Crippen LogP contribution in [0.5, 0.6) is 0 Å². The molecule has 0 aliphatic rings. The van der Waals surface area contributed by atoms with Crippen molar-refractivity contribution in [3.63, 3.8) is 0 Å². The van der Waals surface area contributed by atoms with Gasteiger partial charge in [0.15, 0.2) is 0 Å². The molecule has 0 aliphatic carbocycles. The van der Waals surface area contributed by atoms with E-state index in [1.165, 1.54) is 0 Å². The molecule has 0 fully saturated rings. The first kappa shape index (κ1) is 18.2. The number of hydrogen-bond donors (Lipinski definition) is 5. The molecule has 0 aromatic heterocycles. The molecule has 0 unspecified atom stereocenters. The molecule has 5 N–H and O–H groups in total. The van der Waals surface area contributed by atoms with E-state index in [0.29, 0.717) is 5.56 Å². The van der Waals surface area contributed by atoms with Gasteiger partial charge in [-0.25, -0.2) is 9.59 Å². The molecule has 0 heterocycles. The lowest BCUT2D eigenvalue weighted by Gasteiger charge is -1.88. The average Bonchev–Trinajstić information content (AvgIpc) is 2.15. The molecule has 0 aliphatic heterocycles. The minimum absolute atomic E-state index is 0.331. The lowest BCUT2D eigenvalue weighted by molar-refractivity contribution is 0.0696. The second-order valence-corrected chi connectivity index (χ2v) is 3.30. The van der Waals surface area contributed by atoms with Gasteiger partial charge in [-0.3, -0.25) is 9.11 Å². The molecule has 0 saturated carbocycles. The molecule has 0 bridgehead atoms. The minimum Gasteiger partial charge on any atom is -0.478 e. The van der Waals surface area contributed by atoms with E-state index < -0.39 is 22.5 Å². The van der Waals surface area contributed by atoms with E-state index in [4.69, 9.17) is 37.6 Å². The van der Waals surface area contributed by atoms with Gasteiger partial charge in [0.05, 0.1) is 5.56 Å². The molecular weight excluding hydrogens is 272 g/mol. The second-order valence-electron chi connectivity index (χ2n) is 2.40. The Morgan fingerprint density at radius 3 is 1.33 bits per heavy atom. The van der Waals surface area contributed by atoms with Gasteiger partial charge in [0.25, 0.3) is 0 Å². The van der Waals surface area contributed by atoms with Crippen LogP contribution in [0.15, 0.2) is 30.3 Å². The zero-order chi connectivity index (χ0) is 14.8. The highest BCUT2D eigenvalue weighted by Crippen LogP contribution is 1.96. The molecule has 0 amide bonds. The van der Waals surface area contributed by atoms with Crippen LogP contribution in [0.3, 0.4) is 0 Å². The van der Waals surface area contributed by atoms with Gasteiger partial charge >= 0.3 is 22.5 Å². The van der Waals surface area contributed by atoms with Gasteiger partial charge in [-0.2, -0.15) is 8.42 Å². The Bertz CT molecular complexity index is 453. The Balaban J connectivity index is 0. The molecule has 0 spiro atoms. The number of aromatic carboxylic acids is 1. The zero-order valence-electron chi connectivity index (χ0n) is 8.66. The third-order valence-electron chi connectivity index (χ3n) is 1.02. The summed E-state index contributed by atoms with van der Waals surface area (Å²) in [6.45, 7) is 0. The van der Waals surface area contributed by atoms with Gasteiger partial charge in [-0.1, -0.05) is 18.2 Å². The van der Waals surface area contributed by atoms with Crippen molar-refractivity contribution in [1.82, 2.24) is 0 Å². The normalized spacial score (nSPS) is 9.00. The SMILES string of the molecule is O=C(O)O.O=C(O)c1ccccc1.O=S(=O)(O)O. The fourth-order valence-corrected chi connectivity index (χ4v) is 0.581. The smallest absolute Gasteiger partial charge is 0.478 e. The van der Waals surface area contributed by atoms with Crippen LogP contribution in [0, 0.1) is 0 Å². The Hall–Kier alpha value is -2.17. The Kier molecular flexibility index (Phi) is 9.02. The number of benzene rings is 1. The van der Waals surface area contributed by atoms with Crippen LogP contribution < -0.4 is 0 Å². The van der Waals surface area contributed by atoms with Crippen LogP contribution in [-0.4, -0.2) is 45.0 Å². The first-order valence-corrected chi connectivity index (χ1v) is 5.34. The van der Waals surface area contributed by atoms with E-state index in [0.717, 1.165) is 0 Å². The summed E-state index contributed by atoms with van der Waals surface area (Å²) in [6, 6.07) is 8.30. The topological polar surface area (TPSA) is 169 Å². The lowest BCUT2D eigenvalue weighted by atomic mass is 10.2. The van der Waals surface area contributed by atoms with Gasteiger partial charge in [0, 0.05) is 0 Å². The van der Waals surface area contributed by atoms with Crippen molar-refractivity contribution in [3.8, 4) is 0 Å². The van der Waals surface area contributed by atoms with Crippen LogP contribution in [0.25, 0.3) is 0 Å². The van der Waals surface area contributed by atoms with Crippen LogP contribution in [-0.2, 0) is 10.4 Å². The number of hydrogen-bond acceptors (Lipinski definition) is 4. The largest absolute Gasteiger partial charge is 0.503 e. The van der Waals surface area contributed by atoms with Gasteiger partial charge < -0.3 is 15.3 Å². The summed E-state index contributed by atoms with van der Waals surface area (Å²) >= 11 is 0. The van der Waals surface area contributed by atoms with Crippen molar-refractivity contribution in [2.24, 2.45) is 0 Å². The maximum Gasteiger partial charge on any atom is 0.503 e. The summed E-state index contributed by atoms with van der Waals surface area (Å²) in [7, 11) is -4.67. The molecule has 1 aromatic carbocycles. The maximum atomic E-state index is 10.2. The standard InChI is InChI=1S/C7H6O2.CH2O3.H2O4S/c8-7(9)6-4-2-1-3-5-6;2-1(3)4;1-5(2,3)4/h1-5H,(H,8,9);(H2,2,3,4);(H2,1,2,3,4). The molecule has 0 radical (unpaired) electrons. The molecular formula is C8H10O9S. The van der Waals surface area contributed by atoms with E-state index in [1.807, 2.05) is 0 Å². The van der Waals surface area contributed by atoms with Crippen molar-refractivity contribution < 1.29 is 42.4 Å². The molecule has 0 saturated heterocycles. The summed E-state index contributed by atoms with van der Waals surface area (Å²) in [5.74, 6) is -0.879. The number of carbonyl (C=O) groups is 2. The van der Waals surface area contributed by atoms with Crippen molar-refractivity contribution >= 4 is 22.5 Å². The van der Waals surface area contributed by atoms with Crippen LogP contribution in [0.2, 0.25) is 0 Å². The maximum absolute atomic E-state index is 10.2. The summed E-state index contributed by atoms with van der Waals surface area (Å²) in [4.78, 5) is 18.8. The third-order valence-corrected chi connectivity index (χ3v) is 1.02. The Morgan fingerprint density at radius 2 is 1.17 bits per heavy atom. The van der Waals surface area contributed by atoms with E-state index >= 15 is 0 Å². The van der Waals surface area contributed by atoms with Gasteiger partial charge in [0.2, 0.25) is 0 Å². The van der Waals surface area contributed by atoms with Crippen molar-refractivity contribution in [2.45, 2.75) is 0 Å². The fourth-order valence-electron chi connectivity index (χ4n) is 0.581. The quantitative estimate of drug-likeness (QED) is 0.470. The molecule has 0 atom stereocenters. The van der Waals surface area contributed by atoms with E-state index in [1.54, 1.807) is 30.3 Å². The summed E-state index contributed by atoms with van der Waals surface area (Å²) in [6.07, 6.45) is -1.83. The molecule has 102 valence electrons.